The van der Waals surface area contributed by atoms with Gasteiger partial charge in [-0.3, -0.25) is 9.59 Å². The van der Waals surface area contributed by atoms with Gasteiger partial charge in [0.2, 0.25) is 5.91 Å². The van der Waals surface area contributed by atoms with Crippen molar-refractivity contribution in [3.05, 3.63) is 58.9 Å². The highest BCUT2D eigenvalue weighted by Crippen LogP contribution is 2.48. The molecule has 0 radical (unpaired) electrons. The van der Waals surface area contributed by atoms with Crippen molar-refractivity contribution >= 4 is 11.8 Å². The molecule has 4 fully saturated rings. The van der Waals surface area contributed by atoms with E-state index in [0.717, 1.165) is 94.9 Å². The van der Waals surface area contributed by atoms with E-state index in [0.29, 0.717) is 23.3 Å². The Hall–Kier alpha value is -2.87. The molecule has 2 aromatic rings. The zero-order chi connectivity index (χ0) is 27.4. The topological polar surface area (TPSA) is 69.6 Å². The zero-order valence-electron chi connectivity index (χ0n) is 23.5. The van der Waals surface area contributed by atoms with Crippen LogP contribution in [0.2, 0.25) is 0 Å². The molecule has 1 saturated carbocycles. The van der Waals surface area contributed by atoms with Gasteiger partial charge in [-0.1, -0.05) is 19.1 Å². The number of fused-ring (bicyclic) bond motifs is 1. The van der Waals surface area contributed by atoms with E-state index in [1.807, 2.05) is 24.8 Å². The van der Waals surface area contributed by atoms with Crippen molar-refractivity contribution in [2.24, 2.45) is 17.3 Å². The lowest BCUT2D eigenvalue weighted by atomic mass is 9.70. The van der Waals surface area contributed by atoms with E-state index in [2.05, 4.69) is 32.8 Å². The highest BCUT2D eigenvalue weighted by molar-refractivity contribution is 5.96. The fourth-order valence-corrected chi connectivity index (χ4v) is 7.29. The molecule has 2 amide bonds. The summed E-state index contributed by atoms with van der Waals surface area (Å²) in [6.07, 6.45) is 6.21. The van der Waals surface area contributed by atoms with Gasteiger partial charge in [0, 0.05) is 44.7 Å². The first-order valence-corrected chi connectivity index (χ1v) is 14.5. The quantitative estimate of drug-likeness (QED) is 0.562. The van der Waals surface area contributed by atoms with Crippen molar-refractivity contribution in [3.8, 4) is 0 Å². The van der Waals surface area contributed by atoms with Gasteiger partial charge in [0.25, 0.3) is 5.91 Å². The van der Waals surface area contributed by atoms with E-state index in [-0.39, 0.29) is 22.6 Å². The smallest absolute Gasteiger partial charge is 0.257 e. The molecule has 3 saturated heterocycles. The van der Waals surface area contributed by atoms with Gasteiger partial charge < -0.3 is 14.7 Å². The molecule has 6 rings (SSSR count). The van der Waals surface area contributed by atoms with Crippen molar-refractivity contribution in [2.75, 3.05) is 45.8 Å². The van der Waals surface area contributed by atoms with E-state index in [9.17, 15) is 14.0 Å². The fraction of sp³-hybridized carbons (Fsp3) is 0.613. The first-order chi connectivity index (χ1) is 18.7. The number of piperidine rings is 1. The van der Waals surface area contributed by atoms with Crippen molar-refractivity contribution in [1.82, 2.24) is 24.7 Å². The van der Waals surface area contributed by atoms with E-state index < -0.39 is 0 Å². The van der Waals surface area contributed by atoms with Crippen LogP contribution in [0.3, 0.4) is 0 Å². The number of halogens is 1. The molecule has 1 aromatic carbocycles. The summed E-state index contributed by atoms with van der Waals surface area (Å²) in [5, 5.41) is 0. The van der Waals surface area contributed by atoms with E-state index >= 15 is 0 Å². The molecule has 2 atom stereocenters. The lowest BCUT2D eigenvalue weighted by molar-refractivity contribution is -0.138. The molecule has 0 bridgehead atoms. The van der Waals surface area contributed by atoms with Crippen LogP contribution in [0.5, 0.6) is 0 Å². The monoisotopic (exact) mass is 533 g/mol. The number of hydrogen-bond acceptors (Lipinski definition) is 5. The number of rotatable bonds is 6. The Balaban J connectivity index is 1.09. The standard InChI is InChI=1S/C31H40FN5O2/c1-21-27(22(2)34-20-33-21)28(38)37-18-23-16-35(17-24(23)19-37)12-9-31(25-5-4-6-26(32)15-25)10-13-36(14-11-31)29(39)30(3)7-8-30/h4-6,15,20,23-24H,7-14,16-19H2,1-3H3. The summed E-state index contributed by atoms with van der Waals surface area (Å²) in [5.41, 5.74) is 2.93. The summed E-state index contributed by atoms with van der Waals surface area (Å²) in [7, 11) is 0. The van der Waals surface area contributed by atoms with Crippen LogP contribution < -0.4 is 0 Å². The first kappa shape index (κ1) is 26.4. The Morgan fingerprint density at radius 3 is 2.18 bits per heavy atom. The van der Waals surface area contributed by atoms with E-state index in [4.69, 9.17) is 0 Å². The lowest BCUT2D eigenvalue weighted by Crippen LogP contribution is -2.48. The van der Waals surface area contributed by atoms with Gasteiger partial charge >= 0.3 is 0 Å². The van der Waals surface area contributed by atoms with Gasteiger partial charge in [-0.2, -0.15) is 0 Å². The van der Waals surface area contributed by atoms with Gasteiger partial charge in [-0.05, 0) is 87.4 Å². The molecule has 208 valence electrons. The van der Waals surface area contributed by atoms with Crippen molar-refractivity contribution in [2.45, 2.75) is 58.3 Å². The number of hydrogen-bond donors (Lipinski definition) is 0. The number of benzene rings is 1. The predicted octanol–water partition coefficient (Wildman–Crippen LogP) is 3.99. The average molecular weight is 534 g/mol. The molecule has 4 aliphatic rings. The molecule has 1 aliphatic carbocycles. The number of carbonyl (C=O) groups is 2. The normalized spacial score (nSPS) is 25.5. The minimum Gasteiger partial charge on any atom is -0.342 e. The Bertz CT molecular complexity index is 1240. The number of carbonyl (C=O) groups excluding carboxylic acids is 2. The highest BCUT2D eigenvalue weighted by Gasteiger charge is 2.49. The Labute approximate surface area is 230 Å². The number of amides is 2. The van der Waals surface area contributed by atoms with Crippen LogP contribution in [-0.2, 0) is 10.2 Å². The molecule has 4 heterocycles. The lowest BCUT2D eigenvalue weighted by Gasteiger charge is -2.44. The third-order valence-corrected chi connectivity index (χ3v) is 10.2. The van der Waals surface area contributed by atoms with Crippen molar-refractivity contribution in [3.63, 3.8) is 0 Å². The minimum atomic E-state index is -0.189. The summed E-state index contributed by atoms with van der Waals surface area (Å²) in [5.74, 6) is 1.11. The molecule has 0 spiro atoms. The van der Waals surface area contributed by atoms with Crippen LogP contribution in [0.4, 0.5) is 4.39 Å². The minimum absolute atomic E-state index is 0.0537. The van der Waals surface area contributed by atoms with Crippen LogP contribution in [-0.4, -0.2) is 82.3 Å². The molecular formula is C31H40FN5O2. The molecule has 2 unspecified atom stereocenters. The van der Waals surface area contributed by atoms with Crippen molar-refractivity contribution < 1.29 is 14.0 Å². The Morgan fingerprint density at radius 1 is 0.949 bits per heavy atom. The molecule has 8 heteroatoms. The first-order valence-electron chi connectivity index (χ1n) is 14.5. The van der Waals surface area contributed by atoms with Gasteiger partial charge in [-0.15, -0.1) is 0 Å². The Kier molecular flexibility index (Phi) is 6.72. The van der Waals surface area contributed by atoms with Crippen LogP contribution in [0.25, 0.3) is 0 Å². The predicted molar refractivity (Wildman–Crippen MR) is 147 cm³/mol. The van der Waals surface area contributed by atoms with E-state index in [1.165, 1.54) is 12.4 Å². The van der Waals surface area contributed by atoms with Gasteiger partial charge in [0.15, 0.2) is 0 Å². The average Bonchev–Trinajstić information content (AvgIpc) is 3.37. The maximum atomic E-state index is 14.3. The molecule has 3 aliphatic heterocycles. The van der Waals surface area contributed by atoms with Gasteiger partial charge in [0.1, 0.15) is 12.1 Å². The second-order valence-corrected chi connectivity index (χ2v) is 12.8. The number of likely N-dealkylation sites (tertiary alicyclic amines) is 3. The second kappa shape index (κ2) is 9.95. The molecule has 0 N–H and O–H groups in total. The molecule has 1 aromatic heterocycles. The van der Waals surface area contributed by atoms with E-state index in [1.54, 1.807) is 6.07 Å². The number of aromatic nitrogens is 2. The SMILES string of the molecule is Cc1ncnc(C)c1C(=O)N1CC2CN(CCC3(c4cccc(F)c4)CCN(C(=O)C4(C)CC4)CC3)CC2C1. The zero-order valence-corrected chi connectivity index (χ0v) is 23.5. The Morgan fingerprint density at radius 2 is 1.59 bits per heavy atom. The largest absolute Gasteiger partial charge is 0.342 e. The summed E-state index contributed by atoms with van der Waals surface area (Å²) in [6.45, 7) is 11.8. The molecule has 39 heavy (non-hydrogen) atoms. The highest BCUT2D eigenvalue weighted by atomic mass is 19.1. The van der Waals surface area contributed by atoms with Crippen LogP contribution in [0.15, 0.2) is 30.6 Å². The third-order valence-electron chi connectivity index (χ3n) is 10.2. The van der Waals surface area contributed by atoms with Gasteiger partial charge in [-0.25, -0.2) is 14.4 Å². The molecule has 7 nitrogen and oxygen atoms in total. The third kappa shape index (κ3) is 4.96. The van der Waals surface area contributed by atoms with Crippen LogP contribution in [0, 0.1) is 36.9 Å². The van der Waals surface area contributed by atoms with Crippen LogP contribution >= 0.6 is 0 Å². The summed E-state index contributed by atoms with van der Waals surface area (Å²) in [4.78, 5) is 41.3. The maximum absolute atomic E-state index is 14.3. The second-order valence-electron chi connectivity index (χ2n) is 12.8. The summed E-state index contributed by atoms with van der Waals surface area (Å²) in [6, 6.07) is 7.12. The van der Waals surface area contributed by atoms with Gasteiger partial charge in [0.05, 0.1) is 17.0 Å². The summed E-state index contributed by atoms with van der Waals surface area (Å²) < 4.78 is 14.3. The van der Waals surface area contributed by atoms with Crippen LogP contribution in [0.1, 0.15) is 66.3 Å². The number of nitrogens with zero attached hydrogens (tertiary/aromatic N) is 5. The molecular weight excluding hydrogens is 493 g/mol. The maximum Gasteiger partial charge on any atom is 0.257 e. The number of aryl methyl sites for hydroxylation is 2. The fourth-order valence-electron chi connectivity index (χ4n) is 7.29. The van der Waals surface area contributed by atoms with Crippen molar-refractivity contribution in [1.29, 1.82) is 0 Å². The summed E-state index contributed by atoms with van der Waals surface area (Å²) >= 11 is 0.